The lowest BCUT2D eigenvalue weighted by Gasteiger charge is -2.31. The molecule has 0 spiro atoms. The minimum absolute atomic E-state index is 0.0117. The van der Waals surface area contributed by atoms with Gasteiger partial charge in [-0.3, -0.25) is 14.3 Å². The Balaban J connectivity index is 1.58. The van der Waals surface area contributed by atoms with Crippen LogP contribution in [0.4, 0.5) is 5.82 Å². The fourth-order valence-corrected chi connectivity index (χ4v) is 3.58. The lowest BCUT2D eigenvalue weighted by Crippen LogP contribution is -2.41. The van der Waals surface area contributed by atoms with E-state index in [1.807, 2.05) is 17.0 Å². The molecule has 2 aromatic rings. The number of nitrogen functional groups attached to an aromatic ring is 1. The Morgan fingerprint density at radius 3 is 2.43 bits per heavy atom. The molecular formula is C20H26N4O4. The number of rotatable bonds is 6. The molecule has 8 heteroatoms. The minimum Gasteiger partial charge on any atom is -0.493 e. The largest absolute Gasteiger partial charge is 0.493 e. The Morgan fingerprint density at radius 1 is 1.18 bits per heavy atom. The number of Topliss-reactive ketones (excluding diaryl/α,β-unsaturated/α-hetero) is 1. The Hall–Kier alpha value is -3.03. The normalized spacial score (nSPS) is 14.8. The Labute approximate surface area is 164 Å². The number of ether oxygens (including phenoxy) is 2. The lowest BCUT2D eigenvalue weighted by atomic mass is 9.89. The van der Waals surface area contributed by atoms with Gasteiger partial charge in [-0.2, -0.15) is 5.10 Å². The van der Waals surface area contributed by atoms with Crippen LogP contribution >= 0.6 is 0 Å². The maximum atomic E-state index is 12.7. The van der Waals surface area contributed by atoms with E-state index >= 15 is 0 Å². The average molecular weight is 386 g/mol. The summed E-state index contributed by atoms with van der Waals surface area (Å²) in [5.41, 5.74) is 7.15. The van der Waals surface area contributed by atoms with E-state index in [0.717, 1.165) is 5.56 Å². The maximum Gasteiger partial charge on any atom is 0.226 e. The molecule has 1 aliphatic heterocycles. The topological polar surface area (TPSA) is 99.7 Å². The first kappa shape index (κ1) is 19.7. The summed E-state index contributed by atoms with van der Waals surface area (Å²) in [5.74, 6) is 1.42. The number of methoxy groups -OCH3 is 2. The van der Waals surface area contributed by atoms with Crippen LogP contribution in [-0.2, 0) is 18.3 Å². The van der Waals surface area contributed by atoms with Crippen LogP contribution < -0.4 is 15.2 Å². The van der Waals surface area contributed by atoms with Gasteiger partial charge < -0.3 is 20.1 Å². The molecule has 150 valence electrons. The van der Waals surface area contributed by atoms with Gasteiger partial charge in [-0.25, -0.2) is 0 Å². The van der Waals surface area contributed by atoms with E-state index in [-0.39, 0.29) is 29.8 Å². The first-order valence-corrected chi connectivity index (χ1v) is 9.25. The molecule has 2 heterocycles. The predicted octanol–water partition coefficient (Wildman–Crippen LogP) is 1.68. The van der Waals surface area contributed by atoms with Crippen molar-refractivity contribution < 1.29 is 19.1 Å². The third-order valence-electron chi connectivity index (χ3n) is 5.14. The number of aromatic nitrogens is 2. The van der Waals surface area contributed by atoms with E-state index in [1.54, 1.807) is 38.2 Å². The number of hydrogen-bond acceptors (Lipinski definition) is 6. The summed E-state index contributed by atoms with van der Waals surface area (Å²) >= 11 is 0. The van der Waals surface area contributed by atoms with Crippen molar-refractivity contribution in [3.8, 4) is 11.5 Å². The number of carbonyl (C=O) groups excluding carboxylic acids is 2. The quantitative estimate of drug-likeness (QED) is 0.759. The molecule has 1 amide bonds. The van der Waals surface area contributed by atoms with Crippen molar-refractivity contribution in [3.05, 3.63) is 35.5 Å². The molecular weight excluding hydrogens is 360 g/mol. The molecule has 0 saturated carbocycles. The summed E-state index contributed by atoms with van der Waals surface area (Å²) in [6.45, 7) is 1.12. The Bertz CT molecular complexity index is 869. The first-order valence-electron chi connectivity index (χ1n) is 9.25. The molecule has 0 unspecified atom stereocenters. The molecule has 3 rings (SSSR count). The van der Waals surface area contributed by atoms with Gasteiger partial charge in [0.1, 0.15) is 0 Å². The third kappa shape index (κ3) is 4.11. The number of likely N-dealkylation sites (tertiary alicyclic amines) is 1. The fraction of sp³-hybridized carbons (Fsp3) is 0.450. The number of piperidine rings is 1. The number of carbonyl (C=O) groups is 2. The molecule has 1 fully saturated rings. The zero-order chi connectivity index (χ0) is 20.3. The number of nitrogens with zero attached hydrogens (tertiary/aromatic N) is 3. The monoisotopic (exact) mass is 386 g/mol. The van der Waals surface area contributed by atoms with Crippen LogP contribution in [0, 0.1) is 5.92 Å². The molecule has 28 heavy (non-hydrogen) atoms. The van der Waals surface area contributed by atoms with Crippen LogP contribution in [0.15, 0.2) is 24.4 Å². The Morgan fingerprint density at radius 2 is 1.86 bits per heavy atom. The molecule has 2 N–H and O–H groups in total. The molecule has 0 radical (unpaired) electrons. The molecule has 0 atom stereocenters. The average Bonchev–Trinajstić information content (AvgIpc) is 3.05. The van der Waals surface area contributed by atoms with Gasteiger partial charge in [0.25, 0.3) is 0 Å². The van der Waals surface area contributed by atoms with Gasteiger partial charge in [0.2, 0.25) is 5.91 Å². The highest BCUT2D eigenvalue weighted by Gasteiger charge is 2.29. The van der Waals surface area contributed by atoms with Crippen molar-refractivity contribution in [2.75, 3.05) is 33.0 Å². The van der Waals surface area contributed by atoms with Gasteiger partial charge >= 0.3 is 0 Å². The summed E-state index contributed by atoms with van der Waals surface area (Å²) in [5, 5.41) is 4.03. The van der Waals surface area contributed by atoms with Crippen LogP contribution in [0.5, 0.6) is 11.5 Å². The van der Waals surface area contributed by atoms with Gasteiger partial charge in [0.15, 0.2) is 23.1 Å². The second kappa shape index (κ2) is 8.33. The maximum absolute atomic E-state index is 12.7. The molecule has 1 aliphatic rings. The molecule has 0 aliphatic carbocycles. The van der Waals surface area contributed by atoms with Crippen LogP contribution in [0.1, 0.15) is 28.8 Å². The van der Waals surface area contributed by atoms with Crippen molar-refractivity contribution in [1.82, 2.24) is 14.7 Å². The minimum atomic E-state index is -0.128. The van der Waals surface area contributed by atoms with E-state index in [2.05, 4.69) is 5.10 Å². The van der Waals surface area contributed by atoms with Crippen LogP contribution in [0.3, 0.4) is 0 Å². The van der Waals surface area contributed by atoms with Crippen LogP contribution in [-0.4, -0.2) is 53.7 Å². The zero-order valence-corrected chi connectivity index (χ0v) is 16.5. The van der Waals surface area contributed by atoms with Gasteiger partial charge in [-0.15, -0.1) is 0 Å². The molecule has 1 saturated heterocycles. The number of hydrogen-bond donors (Lipinski definition) is 1. The van der Waals surface area contributed by atoms with E-state index in [4.69, 9.17) is 15.2 Å². The van der Waals surface area contributed by atoms with Crippen LogP contribution in [0.2, 0.25) is 0 Å². The van der Waals surface area contributed by atoms with E-state index in [9.17, 15) is 9.59 Å². The number of ketones is 1. The highest BCUT2D eigenvalue weighted by molar-refractivity contribution is 6.01. The molecule has 8 nitrogen and oxygen atoms in total. The summed E-state index contributed by atoms with van der Waals surface area (Å²) in [7, 11) is 4.88. The fourth-order valence-electron chi connectivity index (χ4n) is 3.58. The van der Waals surface area contributed by atoms with Crippen molar-refractivity contribution in [2.45, 2.75) is 19.3 Å². The van der Waals surface area contributed by atoms with Crippen molar-refractivity contribution in [1.29, 1.82) is 0 Å². The molecule has 1 aromatic heterocycles. The zero-order valence-electron chi connectivity index (χ0n) is 16.5. The standard InChI is InChI=1S/C20H26N4O4/c1-23-12-15(20(21)22-23)19(26)14-6-8-24(9-7-14)18(25)11-13-4-5-16(27-2)17(10-13)28-3/h4-5,10,12,14H,6-9,11H2,1-3H3,(H2,21,22). The number of amides is 1. The lowest BCUT2D eigenvalue weighted by molar-refractivity contribution is -0.131. The summed E-state index contributed by atoms with van der Waals surface area (Å²) in [6, 6.07) is 5.48. The number of aryl methyl sites for hydroxylation is 1. The smallest absolute Gasteiger partial charge is 0.226 e. The third-order valence-corrected chi connectivity index (χ3v) is 5.14. The van der Waals surface area contributed by atoms with Gasteiger partial charge in [-0.05, 0) is 30.5 Å². The molecule has 1 aromatic carbocycles. The van der Waals surface area contributed by atoms with Crippen molar-refractivity contribution >= 4 is 17.5 Å². The predicted molar refractivity (Wildman–Crippen MR) is 105 cm³/mol. The number of benzene rings is 1. The first-order chi connectivity index (χ1) is 13.4. The summed E-state index contributed by atoms with van der Waals surface area (Å²) < 4.78 is 12.1. The second-order valence-corrected chi connectivity index (χ2v) is 6.99. The van der Waals surface area contributed by atoms with Gasteiger partial charge in [0.05, 0.1) is 26.2 Å². The van der Waals surface area contributed by atoms with E-state index in [1.165, 1.54) is 0 Å². The summed E-state index contributed by atoms with van der Waals surface area (Å²) in [6.07, 6.45) is 3.20. The SMILES string of the molecule is COc1ccc(CC(=O)N2CCC(C(=O)c3cn(C)nc3N)CC2)cc1OC. The highest BCUT2D eigenvalue weighted by Crippen LogP contribution is 2.28. The second-order valence-electron chi connectivity index (χ2n) is 6.99. The number of nitrogens with two attached hydrogens (primary N) is 1. The van der Waals surface area contributed by atoms with Crippen molar-refractivity contribution in [3.63, 3.8) is 0 Å². The van der Waals surface area contributed by atoms with E-state index < -0.39 is 0 Å². The van der Waals surface area contributed by atoms with Crippen LogP contribution in [0.25, 0.3) is 0 Å². The highest BCUT2D eigenvalue weighted by atomic mass is 16.5. The van der Waals surface area contributed by atoms with Gasteiger partial charge in [0, 0.05) is 32.3 Å². The summed E-state index contributed by atoms with van der Waals surface area (Å²) in [4.78, 5) is 27.1. The molecule has 0 bridgehead atoms. The van der Waals surface area contributed by atoms with E-state index in [0.29, 0.717) is 43.0 Å². The van der Waals surface area contributed by atoms with Gasteiger partial charge in [-0.1, -0.05) is 6.07 Å². The number of anilines is 1. The Kier molecular flexibility index (Phi) is 5.87. The van der Waals surface area contributed by atoms with Crippen molar-refractivity contribution in [2.24, 2.45) is 13.0 Å².